The van der Waals surface area contributed by atoms with Gasteiger partial charge in [-0.1, -0.05) is 42.5 Å². The van der Waals surface area contributed by atoms with Gasteiger partial charge in [-0.05, 0) is 78.2 Å². The highest BCUT2D eigenvalue weighted by molar-refractivity contribution is 5.98. The Kier molecular flexibility index (Phi) is 5.10. The van der Waals surface area contributed by atoms with Gasteiger partial charge in [-0.15, -0.1) is 0 Å². The molecular weight excluding hydrogens is 410 g/mol. The van der Waals surface area contributed by atoms with Crippen LogP contribution in [0.2, 0.25) is 0 Å². The van der Waals surface area contributed by atoms with Crippen molar-refractivity contribution in [3.8, 4) is 0 Å². The second-order valence-electron chi connectivity index (χ2n) is 10.2. The molecule has 2 amide bonds. The molecule has 5 heteroatoms. The number of nitrogens with zero attached hydrogens (tertiary/aromatic N) is 1. The third-order valence-corrected chi connectivity index (χ3v) is 8.44. The quantitative estimate of drug-likeness (QED) is 0.684. The van der Waals surface area contributed by atoms with Gasteiger partial charge in [-0.25, -0.2) is 0 Å². The first-order valence-electron chi connectivity index (χ1n) is 12.3. The van der Waals surface area contributed by atoms with Crippen LogP contribution in [-0.4, -0.2) is 29.8 Å². The van der Waals surface area contributed by atoms with Gasteiger partial charge in [0.2, 0.25) is 5.91 Å². The lowest BCUT2D eigenvalue weighted by Gasteiger charge is -2.32. The standard InChI is InChI=1S/C28H31N3O2/c29-16-17-3-1-4-19(13-17)18-9-11-31(12-10-18)28(33)20-5-2-6-21(14-20)30-27(32)25-15-24-22-7-8-23(25)26(22)24/h1-8,13-14,18,22-26H,9-12,15-16,29H2,(H,30,32). The Labute approximate surface area is 195 Å². The van der Waals surface area contributed by atoms with Gasteiger partial charge in [0.1, 0.15) is 0 Å². The van der Waals surface area contributed by atoms with E-state index in [0.29, 0.717) is 23.9 Å². The summed E-state index contributed by atoms with van der Waals surface area (Å²) in [7, 11) is 0. The molecule has 4 aliphatic rings. The van der Waals surface area contributed by atoms with Gasteiger partial charge in [0.15, 0.2) is 0 Å². The molecular formula is C28H31N3O2. The van der Waals surface area contributed by atoms with Crippen LogP contribution in [0.25, 0.3) is 0 Å². The van der Waals surface area contributed by atoms with Gasteiger partial charge in [-0.3, -0.25) is 9.59 Å². The fourth-order valence-corrected chi connectivity index (χ4v) is 6.61. The Morgan fingerprint density at radius 3 is 2.58 bits per heavy atom. The van der Waals surface area contributed by atoms with E-state index in [1.54, 1.807) is 0 Å². The van der Waals surface area contributed by atoms with Crippen LogP contribution < -0.4 is 11.1 Å². The van der Waals surface area contributed by atoms with Gasteiger partial charge in [-0.2, -0.15) is 0 Å². The van der Waals surface area contributed by atoms with Crippen LogP contribution in [0.4, 0.5) is 5.69 Å². The average molecular weight is 442 g/mol. The normalized spacial score (nSPS) is 29.7. The van der Waals surface area contributed by atoms with E-state index in [1.165, 1.54) is 5.56 Å². The topological polar surface area (TPSA) is 75.4 Å². The van der Waals surface area contributed by atoms with Crippen LogP contribution in [0.5, 0.6) is 0 Å². The summed E-state index contributed by atoms with van der Waals surface area (Å²) in [5.74, 6) is 3.29. The van der Waals surface area contributed by atoms with Crippen molar-refractivity contribution in [2.75, 3.05) is 18.4 Å². The monoisotopic (exact) mass is 441 g/mol. The highest BCUT2D eigenvalue weighted by Gasteiger charge is 2.63. The molecule has 5 nitrogen and oxygen atoms in total. The summed E-state index contributed by atoms with van der Waals surface area (Å²) >= 11 is 0. The lowest BCUT2D eigenvalue weighted by molar-refractivity contribution is -0.120. The van der Waals surface area contributed by atoms with Crippen LogP contribution in [0.3, 0.4) is 0 Å². The molecule has 2 saturated carbocycles. The van der Waals surface area contributed by atoms with Crippen molar-refractivity contribution in [3.63, 3.8) is 0 Å². The summed E-state index contributed by atoms with van der Waals surface area (Å²) in [4.78, 5) is 28.0. The van der Waals surface area contributed by atoms with Gasteiger partial charge in [0.25, 0.3) is 5.91 Å². The SMILES string of the molecule is NCc1cccc(C2CCN(C(=O)c3cccc(NC(=O)C4CC5C6C=CC4C65)c3)CC2)c1. The van der Waals surface area contributed by atoms with Gasteiger partial charge < -0.3 is 16.0 Å². The summed E-state index contributed by atoms with van der Waals surface area (Å²) in [5, 5.41) is 3.09. The molecule has 3 fully saturated rings. The van der Waals surface area contributed by atoms with Crippen molar-refractivity contribution < 1.29 is 9.59 Å². The molecule has 0 radical (unpaired) electrons. The summed E-state index contributed by atoms with van der Waals surface area (Å²) in [6.45, 7) is 2.04. The number of nitrogens with two attached hydrogens (primary N) is 1. The molecule has 3 N–H and O–H groups in total. The smallest absolute Gasteiger partial charge is 0.253 e. The number of likely N-dealkylation sites (tertiary alicyclic amines) is 1. The highest BCUT2D eigenvalue weighted by Crippen LogP contribution is 2.67. The van der Waals surface area contributed by atoms with Crippen LogP contribution in [0, 0.1) is 29.6 Å². The first-order chi connectivity index (χ1) is 16.1. The number of hydrogen-bond acceptors (Lipinski definition) is 3. The van der Waals surface area contributed by atoms with E-state index >= 15 is 0 Å². The number of hydrogen-bond donors (Lipinski definition) is 2. The van der Waals surface area contributed by atoms with Crippen LogP contribution in [-0.2, 0) is 11.3 Å². The number of anilines is 1. The lowest BCUT2D eigenvalue weighted by atomic mass is 9.88. The Morgan fingerprint density at radius 1 is 1.00 bits per heavy atom. The second-order valence-corrected chi connectivity index (χ2v) is 10.2. The predicted octanol–water partition coefficient (Wildman–Crippen LogP) is 4.17. The van der Waals surface area contributed by atoms with Crippen LogP contribution in [0.15, 0.2) is 60.7 Å². The molecule has 1 aliphatic heterocycles. The zero-order chi connectivity index (χ0) is 22.5. The third kappa shape index (κ3) is 3.68. The van der Waals surface area contributed by atoms with Crippen LogP contribution in [0.1, 0.15) is 46.7 Å². The van der Waals surface area contributed by atoms with E-state index in [9.17, 15) is 9.59 Å². The molecule has 2 aromatic carbocycles. The maximum Gasteiger partial charge on any atom is 0.253 e. The maximum absolute atomic E-state index is 13.2. The molecule has 0 spiro atoms. The first kappa shape index (κ1) is 20.7. The molecule has 170 valence electrons. The number of fused-ring (bicyclic) bond motifs is 1. The van der Waals surface area contributed by atoms with Crippen molar-refractivity contribution in [2.24, 2.45) is 35.3 Å². The van der Waals surface area contributed by atoms with Crippen molar-refractivity contribution in [3.05, 3.63) is 77.4 Å². The van der Waals surface area contributed by atoms with Crippen molar-refractivity contribution >= 4 is 17.5 Å². The Hall–Kier alpha value is -2.92. The van der Waals surface area contributed by atoms with Gasteiger partial charge in [0, 0.05) is 36.8 Å². The number of nitrogens with one attached hydrogen (secondary N) is 1. The molecule has 2 aromatic rings. The maximum atomic E-state index is 13.2. The zero-order valence-corrected chi connectivity index (χ0v) is 18.8. The number of amides is 2. The molecule has 5 unspecified atom stereocenters. The zero-order valence-electron chi connectivity index (χ0n) is 18.8. The molecule has 33 heavy (non-hydrogen) atoms. The van der Waals surface area contributed by atoms with Crippen molar-refractivity contribution in [2.45, 2.75) is 31.7 Å². The minimum Gasteiger partial charge on any atom is -0.339 e. The average Bonchev–Trinajstić information content (AvgIpc) is 3.22. The third-order valence-electron chi connectivity index (χ3n) is 8.44. The van der Waals surface area contributed by atoms with E-state index in [2.05, 4.69) is 41.7 Å². The summed E-state index contributed by atoms with van der Waals surface area (Å²) in [5.41, 5.74) is 9.64. The van der Waals surface area contributed by atoms with E-state index in [0.717, 1.165) is 61.4 Å². The molecule has 1 saturated heterocycles. The Balaban J connectivity index is 1.08. The van der Waals surface area contributed by atoms with Gasteiger partial charge in [0.05, 0.1) is 0 Å². The fourth-order valence-electron chi connectivity index (χ4n) is 6.61. The van der Waals surface area contributed by atoms with E-state index in [1.807, 2.05) is 29.2 Å². The molecule has 6 rings (SSSR count). The summed E-state index contributed by atoms with van der Waals surface area (Å²) in [6, 6.07) is 15.9. The minimum absolute atomic E-state index is 0.0453. The van der Waals surface area contributed by atoms with Gasteiger partial charge >= 0.3 is 0 Å². The Morgan fingerprint density at radius 2 is 1.79 bits per heavy atom. The van der Waals surface area contributed by atoms with Crippen molar-refractivity contribution in [1.29, 1.82) is 0 Å². The second kappa shape index (κ2) is 8.14. The lowest BCUT2D eigenvalue weighted by Crippen LogP contribution is -2.38. The Bertz CT molecular complexity index is 1120. The first-order valence-corrected chi connectivity index (χ1v) is 12.3. The van der Waals surface area contributed by atoms with E-state index in [-0.39, 0.29) is 17.7 Å². The number of piperidine rings is 1. The number of carbonyl (C=O) groups is 2. The largest absolute Gasteiger partial charge is 0.339 e. The number of allylic oxidation sites excluding steroid dienone is 2. The fraction of sp³-hybridized carbons (Fsp3) is 0.429. The highest BCUT2D eigenvalue weighted by atomic mass is 16.2. The number of benzene rings is 2. The van der Waals surface area contributed by atoms with Crippen molar-refractivity contribution in [1.82, 2.24) is 4.90 Å². The number of carbonyl (C=O) groups excluding carboxylic acids is 2. The van der Waals surface area contributed by atoms with Crippen LogP contribution >= 0.6 is 0 Å². The van der Waals surface area contributed by atoms with E-state index in [4.69, 9.17) is 5.73 Å². The van der Waals surface area contributed by atoms with E-state index < -0.39 is 0 Å². The minimum atomic E-state index is 0.0453. The molecule has 0 bridgehead atoms. The molecule has 0 aromatic heterocycles. The summed E-state index contributed by atoms with van der Waals surface area (Å²) < 4.78 is 0. The molecule has 3 aliphatic carbocycles. The number of rotatable bonds is 5. The molecule has 1 heterocycles. The predicted molar refractivity (Wildman–Crippen MR) is 128 cm³/mol. The molecule has 5 atom stereocenters. The summed E-state index contributed by atoms with van der Waals surface area (Å²) in [6.07, 6.45) is 7.47.